The van der Waals surface area contributed by atoms with Crippen LogP contribution in [-0.2, 0) is 4.74 Å². The number of hydrogen-bond acceptors (Lipinski definition) is 4. The van der Waals surface area contributed by atoms with E-state index in [4.69, 9.17) is 9.47 Å². The Labute approximate surface area is 214 Å². The second-order valence-electron chi connectivity index (χ2n) is 10.1. The van der Waals surface area contributed by atoms with Gasteiger partial charge in [0.15, 0.2) is 17.3 Å². The number of methoxy groups -OCH3 is 1. The Bertz CT molecular complexity index is 1330. The highest BCUT2D eigenvalue weighted by molar-refractivity contribution is 5.98. The van der Waals surface area contributed by atoms with Crippen LogP contribution in [0.1, 0.15) is 53.1 Å². The predicted octanol–water partition coefficient (Wildman–Crippen LogP) is 6.35. The molecule has 190 valence electrons. The fourth-order valence-corrected chi connectivity index (χ4v) is 6.45. The van der Waals surface area contributed by atoms with Gasteiger partial charge >= 0.3 is 6.09 Å². The molecule has 3 aromatic rings. The standard InChI is InChI=1S/C30H27F2NO4/c1-36-27-15-18(14-26(31)28(27)32)29(34)17-12-19-10-11-20(13-17)33(19)30(35)37-16-25-23-8-4-2-6-21(23)22-7-3-5-9-24(22)25/h2-9,14-15,17,19-20,25H,10-13,16H2,1H3. The van der Waals surface area contributed by atoms with Crippen LogP contribution < -0.4 is 4.74 Å². The first-order chi connectivity index (χ1) is 18.0. The van der Waals surface area contributed by atoms with Crippen LogP contribution in [-0.4, -0.2) is 42.6 Å². The number of amides is 1. The fourth-order valence-electron chi connectivity index (χ4n) is 6.45. The van der Waals surface area contributed by atoms with Crippen LogP contribution in [0.3, 0.4) is 0 Å². The second kappa shape index (κ2) is 9.29. The number of piperidine rings is 1. The first kappa shape index (κ1) is 23.6. The largest absolute Gasteiger partial charge is 0.494 e. The van der Waals surface area contributed by atoms with Crippen molar-refractivity contribution in [2.24, 2.45) is 5.92 Å². The summed E-state index contributed by atoms with van der Waals surface area (Å²) in [5, 5.41) is 0. The zero-order valence-corrected chi connectivity index (χ0v) is 20.5. The van der Waals surface area contributed by atoms with E-state index in [1.165, 1.54) is 24.3 Å². The molecule has 3 aromatic carbocycles. The Morgan fingerprint density at radius 2 is 1.51 bits per heavy atom. The van der Waals surface area contributed by atoms with Crippen LogP contribution in [0, 0.1) is 17.6 Å². The van der Waals surface area contributed by atoms with Crippen LogP contribution in [0.25, 0.3) is 11.1 Å². The van der Waals surface area contributed by atoms with E-state index in [0.29, 0.717) is 12.8 Å². The van der Waals surface area contributed by atoms with Crippen LogP contribution >= 0.6 is 0 Å². The number of fused-ring (bicyclic) bond motifs is 5. The highest BCUT2D eigenvalue weighted by Crippen LogP contribution is 2.45. The number of rotatable bonds is 5. The van der Waals surface area contributed by atoms with Gasteiger partial charge in [-0.05, 0) is 60.1 Å². The summed E-state index contributed by atoms with van der Waals surface area (Å²) in [6.07, 6.45) is 2.18. The summed E-state index contributed by atoms with van der Waals surface area (Å²) >= 11 is 0. The molecule has 37 heavy (non-hydrogen) atoms. The quantitative estimate of drug-likeness (QED) is 0.381. The molecule has 0 spiro atoms. The number of benzene rings is 3. The van der Waals surface area contributed by atoms with Gasteiger partial charge in [0.05, 0.1) is 7.11 Å². The Morgan fingerprint density at radius 3 is 2.11 bits per heavy atom. The smallest absolute Gasteiger partial charge is 0.410 e. The minimum absolute atomic E-state index is 0.0172. The molecule has 2 saturated heterocycles. The number of carbonyl (C=O) groups excluding carboxylic acids is 2. The number of ketones is 1. The number of halogens is 2. The fraction of sp³-hybridized carbons (Fsp3) is 0.333. The number of Topliss-reactive ketones (excluding diaryl/α,β-unsaturated/α-hetero) is 1. The maximum Gasteiger partial charge on any atom is 0.410 e. The molecule has 1 amide bonds. The molecular formula is C30H27F2NO4. The van der Waals surface area contributed by atoms with Crippen molar-refractivity contribution in [2.75, 3.05) is 13.7 Å². The lowest BCUT2D eigenvalue weighted by Gasteiger charge is -2.37. The molecule has 0 N–H and O–H groups in total. The van der Waals surface area contributed by atoms with Crippen molar-refractivity contribution in [3.05, 3.63) is 89.0 Å². The zero-order valence-electron chi connectivity index (χ0n) is 20.5. The van der Waals surface area contributed by atoms with Crippen molar-refractivity contribution >= 4 is 11.9 Å². The summed E-state index contributed by atoms with van der Waals surface area (Å²) in [6, 6.07) is 18.4. The number of ether oxygens (including phenoxy) is 2. The molecule has 2 atom stereocenters. The summed E-state index contributed by atoms with van der Waals surface area (Å²) < 4.78 is 38.6. The molecule has 3 aliphatic rings. The lowest BCUT2D eigenvalue weighted by Crippen LogP contribution is -2.48. The summed E-state index contributed by atoms with van der Waals surface area (Å²) in [5.41, 5.74) is 4.76. The lowest BCUT2D eigenvalue weighted by molar-refractivity contribution is 0.0506. The zero-order chi connectivity index (χ0) is 25.7. The monoisotopic (exact) mass is 503 g/mol. The van der Waals surface area contributed by atoms with Crippen LogP contribution in [0.5, 0.6) is 5.75 Å². The maximum absolute atomic E-state index is 14.0. The average molecular weight is 504 g/mol. The van der Waals surface area contributed by atoms with Crippen molar-refractivity contribution < 1.29 is 27.8 Å². The first-order valence-corrected chi connectivity index (χ1v) is 12.7. The molecule has 0 radical (unpaired) electrons. The van der Waals surface area contributed by atoms with Gasteiger partial charge in [-0.25, -0.2) is 9.18 Å². The van der Waals surface area contributed by atoms with E-state index < -0.39 is 11.6 Å². The summed E-state index contributed by atoms with van der Waals surface area (Å²) in [5.74, 6) is -3.14. The molecule has 2 heterocycles. The minimum atomic E-state index is -1.11. The number of hydrogen-bond donors (Lipinski definition) is 0. The first-order valence-electron chi connectivity index (χ1n) is 12.7. The van der Waals surface area contributed by atoms with Gasteiger partial charge in [-0.15, -0.1) is 0 Å². The molecule has 0 saturated carbocycles. The van der Waals surface area contributed by atoms with Gasteiger partial charge in [-0.3, -0.25) is 4.79 Å². The van der Waals surface area contributed by atoms with Gasteiger partial charge in [0.1, 0.15) is 6.61 Å². The number of carbonyl (C=O) groups is 2. The van der Waals surface area contributed by atoms with Crippen molar-refractivity contribution in [3.8, 4) is 16.9 Å². The molecule has 2 bridgehead atoms. The highest BCUT2D eigenvalue weighted by Gasteiger charge is 2.46. The number of nitrogens with zero attached hydrogens (tertiary/aromatic N) is 1. The van der Waals surface area contributed by atoms with E-state index in [2.05, 4.69) is 24.3 Å². The minimum Gasteiger partial charge on any atom is -0.494 e. The van der Waals surface area contributed by atoms with Crippen molar-refractivity contribution in [1.82, 2.24) is 4.90 Å². The van der Waals surface area contributed by atoms with E-state index in [0.717, 1.165) is 30.0 Å². The Kier molecular flexibility index (Phi) is 5.94. The van der Waals surface area contributed by atoms with E-state index in [1.807, 2.05) is 24.3 Å². The Balaban J connectivity index is 1.15. The van der Waals surface area contributed by atoms with Gasteiger partial charge in [0.2, 0.25) is 5.82 Å². The molecule has 6 rings (SSSR count). The SMILES string of the molecule is COc1cc(C(=O)C2CC3CCC(C2)N3C(=O)OCC2c3ccccc3-c3ccccc32)cc(F)c1F. The second-order valence-corrected chi connectivity index (χ2v) is 10.1. The van der Waals surface area contributed by atoms with Gasteiger partial charge in [-0.2, -0.15) is 4.39 Å². The highest BCUT2D eigenvalue weighted by atomic mass is 19.2. The third-order valence-corrected chi connectivity index (χ3v) is 8.15. The van der Waals surface area contributed by atoms with Gasteiger partial charge < -0.3 is 14.4 Å². The summed E-state index contributed by atoms with van der Waals surface area (Å²) in [6.45, 7) is 0.250. The maximum atomic E-state index is 14.0. The molecule has 5 nitrogen and oxygen atoms in total. The van der Waals surface area contributed by atoms with Gasteiger partial charge in [0.25, 0.3) is 0 Å². The van der Waals surface area contributed by atoms with E-state index in [-0.39, 0.29) is 53.7 Å². The summed E-state index contributed by atoms with van der Waals surface area (Å²) in [4.78, 5) is 28.2. The van der Waals surface area contributed by atoms with Crippen molar-refractivity contribution in [1.29, 1.82) is 0 Å². The van der Waals surface area contributed by atoms with E-state index in [9.17, 15) is 18.4 Å². The molecule has 2 unspecified atom stereocenters. The molecule has 2 fully saturated rings. The Morgan fingerprint density at radius 1 is 0.919 bits per heavy atom. The Hall–Kier alpha value is -3.74. The van der Waals surface area contributed by atoms with Crippen LogP contribution in [0.2, 0.25) is 0 Å². The van der Waals surface area contributed by atoms with Crippen molar-refractivity contribution in [3.63, 3.8) is 0 Å². The topological polar surface area (TPSA) is 55.8 Å². The third kappa shape index (κ3) is 3.97. The molecule has 7 heteroatoms. The summed E-state index contributed by atoms with van der Waals surface area (Å²) in [7, 11) is 1.24. The van der Waals surface area contributed by atoms with E-state index >= 15 is 0 Å². The predicted molar refractivity (Wildman–Crippen MR) is 134 cm³/mol. The van der Waals surface area contributed by atoms with Crippen molar-refractivity contribution in [2.45, 2.75) is 43.7 Å². The molecule has 0 aromatic heterocycles. The van der Waals surface area contributed by atoms with Gasteiger partial charge in [0, 0.05) is 29.5 Å². The normalized spacial score (nSPS) is 21.9. The van der Waals surface area contributed by atoms with Gasteiger partial charge in [-0.1, -0.05) is 48.5 Å². The molecule has 2 aliphatic heterocycles. The third-order valence-electron chi connectivity index (χ3n) is 8.15. The lowest BCUT2D eigenvalue weighted by atomic mass is 9.85. The average Bonchev–Trinajstić information content (AvgIpc) is 3.38. The molecule has 1 aliphatic carbocycles. The molecular weight excluding hydrogens is 476 g/mol. The van der Waals surface area contributed by atoms with Crippen LogP contribution in [0.15, 0.2) is 60.7 Å². The van der Waals surface area contributed by atoms with E-state index in [1.54, 1.807) is 4.90 Å². The van der Waals surface area contributed by atoms with Crippen LogP contribution in [0.4, 0.5) is 13.6 Å².